The number of anilines is 1. The van der Waals surface area contributed by atoms with E-state index < -0.39 is 6.04 Å². The summed E-state index contributed by atoms with van der Waals surface area (Å²) in [4.78, 5) is 32.5. The van der Waals surface area contributed by atoms with E-state index in [1.54, 1.807) is 35.8 Å². The molecule has 1 amide bonds. The number of carbonyl (C=O) groups is 1. The molecule has 5 nitrogen and oxygen atoms in total. The van der Waals surface area contributed by atoms with Crippen molar-refractivity contribution in [1.29, 1.82) is 0 Å². The first-order valence-corrected chi connectivity index (χ1v) is 9.86. The number of halogens is 1. The molecule has 0 saturated heterocycles. The first kappa shape index (κ1) is 17.2. The Morgan fingerprint density at radius 2 is 1.93 bits per heavy atom. The predicted molar refractivity (Wildman–Crippen MR) is 109 cm³/mol. The van der Waals surface area contributed by atoms with Gasteiger partial charge in [0.1, 0.15) is 5.58 Å². The van der Waals surface area contributed by atoms with Crippen LogP contribution < -0.4 is 10.3 Å². The minimum absolute atomic E-state index is 0.0662. The molecule has 1 atom stereocenters. The summed E-state index contributed by atoms with van der Waals surface area (Å²) >= 11 is 7.37. The van der Waals surface area contributed by atoms with E-state index >= 15 is 0 Å². The number of rotatable bonds is 2. The molecule has 0 unspecified atom stereocenters. The number of fused-ring (bicyclic) bond motifs is 2. The lowest BCUT2D eigenvalue weighted by Gasteiger charge is -2.22. The van der Waals surface area contributed by atoms with Crippen molar-refractivity contribution in [2.24, 2.45) is 0 Å². The van der Waals surface area contributed by atoms with Gasteiger partial charge in [-0.15, -0.1) is 11.3 Å². The highest BCUT2D eigenvalue weighted by Gasteiger charge is 2.44. The first-order valence-electron chi connectivity index (χ1n) is 8.60. The van der Waals surface area contributed by atoms with Crippen LogP contribution in [-0.2, 0) is 0 Å². The van der Waals surface area contributed by atoms with Crippen LogP contribution in [0, 0.1) is 6.92 Å². The summed E-state index contributed by atoms with van der Waals surface area (Å²) in [5, 5.41) is 3.34. The summed E-state index contributed by atoms with van der Waals surface area (Å²) in [6.07, 6.45) is 1.63. The summed E-state index contributed by atoms with van der Waals surface area (Å²) in [6, 6.07) is 11.9. The number of nitrogens with zero attached hydrogens (tertiary/aromatic N) is 2. The molecule has 0 N–H and O–H groups in total. The number of hydrogen-bond acceptors (Lipinski definition) is 5. The predicted octanol–water partition coefficient (Wildman–Crippen LogP) is 4.96. The molecule has 1 aliphatic rings. The Balaban J connectivity index is 1.83. The maximum absolute atomic E-state index is 13.4. The molecule has 3 heterocycles. The summed E-state index contributed by atoms with van der Waals surface area (Å²) in [6.45, 7) is 1.91. The van der Waals surface area contributed by atoms with Crippen molar-refractivity contribution in [2.45, 2.75) is 13.0 Å². The molecular formula is C21H13ClN2O3S. The van der Waals surface area contributed by atoms with E-state index in [9.17, 15) is 9.59 Å². The minimum Gasteiger partial charge on any atom is -0.450 e. The molecule has 0 aliphatic carbocycles. The molecule has 4 aromatic rings. The Kier molecular flexibility index (Phi) is 3.86. The van der Waals surface area contributed by atoms with E-state index in [4.69, 9.17) is 16.0 Å². The minimum atomic E-state index is -0.618. The van der Waals surface area contributed by atoms with Crippen LogP contribution in [0.25, 0.3) is 11.0 Å². The zero-order chi connectivity index (χ0) is 19.4. The number of benzene rings is 2. The van der Waals surface area contributed by atoms with Crippen molar-refractivity contribution >= 4 is 44.9 Å². The average Bonchev–Trinajstić information content (AvgIpc) is 3.30. The second kappa shape index (κ2) is 6.29. The topological polar surface area (TPSA) is 63.4 Å². The lowest BCUT2D eigenvalue weighted by Crippen LogP contribution is -2.29. The normalized spacial score (nSPS) is 16.0. The third-order valence-corrected chi connectivity index (χ3v) is 5.86. The Labute approximate surface area is 168 Å². The number of amides is 1. The van der Waals surface area contributed by atoms with Crippen LogP contribution in [0.3, 0.4) is 0 Å². The van der Waals surface area contributed by atoms with E-state index in [-0.39, 0.29) is 17.1 Å². The number of carbonyl (C=O) groups excluding carboxylic acids is 1. The van der Waals surface area contributed by atoms with Crippen LogP contribution in [0.2, 0.25) is 5.02 Å². The van der Waals surface area contributed by atoms with Crippen LogP contribution in [0.5, 0.6) is 0 Å². The van der Waals surface area contributed by atoms with Crippen molar-refractivity contribution in [1.82, 2.24) is 4.98 Å². The molecule has 7 heteroatoms. The molecule has 0 bridgehead atoms. The van der Waals surface area contributed by atoms with E-state index in [0.29, 0.717) is 26.7 Å². The molecule has 1 aliphatic heterocycles. The van der Waals surface area contributed by atoms with Gasteiger partial charge in [-0.05, 0) is 36.8 Å². The lowest BCUT2D eigenvalue weighted by atomic mass is 9.98. The van der Waals surface area contributed by atoms with Gasteiger partial charge in [-0.2, -0.15) is 0 Å². The zero-order valence-electron chi connectivity index (χ0n) is 14.7. The van der Waals surface area contributed by atoms with Gasteiger partial charge in [-0.3, -0.25) is 14.5 Å². The monoisotopic (exact) mass is 408 g/mol. The van der Waals surface area contributed by atoms with E-state index in [1.807, 2.05) is 25.1 Å². The van der Waals surface area contributed by atoms with Crippen LogP contribution in [-0.4, -0.2) is 10.9 Å². The highest BCUT2D eigenvalue weighted by molar-refractivity contribution is 7.13. The summed E-state index contributed by atoms with van der Waals surface area (Å²) in [7, 11) is 0. The second-order valence-electron chi connectivity index (χ2n) is 6.62. The Hall–Kier alpha value is -2.96. The maximum Gasteiger partial charge on any atom is 0.297 e. The average molecular weight is 409 g/mol. The molecule has 0 saturated carbocycles. The van der Waals surface area contributed by atoms with Gasteiger partial charge in [0, 0.05) is 16.6 Å². The van der Waals surface area contributed by atoms with E-state index in [0.717, 1.165) is 11.1 Å². The van der Waals surface area contributed by atoms with Crippen LogP contribution in [0.1, 0.15) is 33.3 Å². The maximum atomic E-state index is 13.4. The standard InChI is InChI=1S/C21H13ClN2O3S/c1-11-2-7-15-14(10-11)18(25)16-17(12-3-5-13(22)6-4-12)24(20(26)19(16)27-15)21-23-8-9-28-21/h2-10,17H,1H3/t17-/m0/s1. The fourth-order valence-corrected chi connectivity index (χ4v) is 4.37. The van der Waals surface area contributed by atoms with Crippen LogP contribution in [0.4, 0.5) is 5.13 Å². The quantitative estimate of drug-likeness (QED) is 0.470. The molecular weight excluding hydrogens is 396 g/mol. The van der Waals surface area contributed by atoms with Crippen LogP contribution >= 0.6 is 22.9 Å². The molecule has 2 aromatic heterocycles. The molecule has 5 rings (SSSR count). The van der Waals surface area contributed by atoms with Gasteiger partial charge < -0.3 is 4.42 Å². The van der Waals surface area contributed by atoms with Crippen molar-refractivity contribution in [3.63, 3.8) is 0 Å². The second-order valence-corrected chi connectivity index (χ2v) is 7.93. The van der Waals surface area contributed by atoms with Crippen molar-refractivity contribution in [3.05, 3.63) is 91.7 Å². The number of aryl methyl sites for hydroxylation is 1. The molecule has 0 spiro atoms. The van der Waals surface area contributed by atoms with Crippen molar-refractivity contribution in [2.75, 3.05) is 4.90 Å². The molecule has 2 aromatic carbocycles. The SMILES string of the molecule is Cc1ccc2oc3c(c(=O)c2c1)[C@H](c1ccc(Cl)cc1)N(c1nccs1)C3=O. The van der Waals surface area contributed by atoms with Gasteiger partial charge in [0.05, 0.1) is 17.0 Å². The summed E-state index contributed by atoms with van der Waals surface area (Å²) < 4.78 is 5.92. The Morgan fingerprint density at radius 1 is 1.14 bits per heavy atom. The molecule has 28 heavy (non-hydrogen) atoms. The van der Waals surface area contributed by atoms with Gasteiger partial charge in [0.15, 0.2) is 10.6 Å². The Morgan fingerprint density at radius 3 is 2.64 bits per heavy atom. The molecule has 138 valence electrons. The fourth-order valence-electron chi connectivity index (χ4n) is 3.58. The molecule has 0 fully saturated rings. The third-order valence-electron chi connectivity index (χ3n) is 4.84. The number of aromatic nitrogens is 1. The summed E-state index contributed by atoms with van der Waals surface area (Å²) in [5.41, 5.74) is 2.25. The van der Waals surface area contributed by atoms with Gasteiger partial charge in [-0.1, -0.05) is 35.4 Å². The summed E-state index contributed by atoms with van der Waals surface area (Å²) in [5.74, 6) is -0.305. The van der Waals surface area contributed by atoms with E-state index in [2.05, 4.69) is 4.98 Å². The van der Waals surface area contributed by atoms with Gasteiger partial charge in [-0.25, -0.2) is 4.98 Å². The van der Waals surface area contributed by atoms with Gasteiger partial charge in [0.2, 0.25) is 5.76 Å². The smallest absolute Gasteiger partial charge is 0.297 e. The molecule has 0 radical (unpaired) electrons. The largest absolute Gasteiger partial charge is 0.450 e. The van der Waals surface area contributed by atoms with E-state index in [1.165, 1.54) is 16.2 Å². The van der Waals surface area contributed by atoms with Gasteiger partial charge >= 0.3 is 0 Å². The van der Waals surface area contributed by atoms with Crippen LogP contribution in [0.15, 0.2) is 63.3 Å². The number of hydrogen-bond donors (Lipinski definition) is 0. The third kappa shape index (κ3) is 2.49. The first-order chi connectivity index (χ1) is 13.5. The van der Waals surface area contributed by atoms with Crippen molar-refractivity contribution < 1.29 is 9.21 Å². The number of thiazole rings is 1. The van der Waals surface area contributed by atoms with Crippen molar-refractivity contribution in [3.8, 4) is 0 Å². The lowest BCUT2D eigenvalue weighted by molar-refractivity contribution is 0.0971. The fraction of sp³-hybridized carbons (Fsp3) is 0.0952. The Bertz CT molecular complexity index is 1280. The zero-order valence-corrected chi connectivity index (χ0v) is 16.3. The highest BCUT2D eigenvalue weighted by atomic mass is 35.5. The van der Waals surface area contributed by atoms with Gasteiger partial charge in [0.25, 0.3) is 5.91 Å². The highest BCUT2D eigenvalue weighted by Crippen LogP contribution is 2.41.